The molecule has 0 aliphatic carbocycles. The van der Waals surface area contributed by atoms with Crippen LogP contribution in [0.3, 0.4) is 0 Å². The van der Waals surface area contributed by atoms with E-state index in [1.165, 1.54) is 19.4 Å². The normalized spacial score (nSPS) is 37.4. The van der Waals surface area contributed by atoms with Crippen LogP contribution in [0.2, 0.25) is 0 Å². The van der Waals surface area contributed by atoms with Gasteiger partial charge in [0, 0.05) is 11.5 Å². The highest BCUT2D eigenvalue weighted by Gasteiger charge is 2.47. The number of methoxy groups -OCH3 is 1. The number of aliphatic hydroxyl groups excluding tert-OH is 5. The van der Waals surface area contributed by atoms with Crippen molar-refractivity contribution < 1.29 is 54.2 Å². The molecule has 11 heteroatoms. The zero-order chi connectivity index (χ0) is 25.5. The fourth-order valence-electron chi connectivity index (χ4n) is 4.24. The molecule has 3 rings (SSSR count). The summed E-state index contributed by atoms with van der Waals surface area (Å²) in [6.45, 7) is 4.62. The van der Waals surface area contributed by atoms with E-state index in [-0.39, 0.29) is 12.2 Å². The van der Waals surface area contributed by atoms with E-state index < -0.39 is 61.4 Å². The second kappa shape index (κ2) is 12.6. The van der Waals surface area contributed by atoms with Crippen LogP contribution in [0.5, 0.6) is 0 Å². The Morgan fingerprint density at radius 2 is 2.00 bits per heavy atom. The van der Waals surface area contributed by atoms with Crippen LogP contribution in [0.25, 0.3) is 0 Å². The van der Waals surface area contributed by atoms with Gasteiger partial charge in [0.25, 0.3) is 0 Å². The standard InChI is InChI=1S/C24H33NO10/c1-3-15-16(7-6-14-5-4-8-25(11-14)9-10-26)17(22(31)32-2)13-33-23(15)35-24-21(30)20(29)19(28)18(12-27)34-24/h3-7,11,13,15-16,18-21,23-24,26-30H,1,8-10,12H2,2H3/p+1. The minimum atomic E-state index is -1.61. The van der Waals surface area contributed by atoms with E-state index in [2.05, 4.69) is 6.58 Å². The van der Waals surface area contributed by atoms with Gasteiger partial charge in [-0.3, -0.25) is 0 Å². The first-order valence-corrected chi connectivity index (χ1v) is 11.4. The van der Waals surface area contributed by atoms with E-state index in [1.54, 1.807) is 6.08 Å². The first-order valence-electron chi connectivity index (χ1n) is 11.4. The molecule has 3 aliphatic rings. The van der Waals surface area contributed by atoms with Crippen LogP contribution < -0.4 is 4.90 Å². The third kappa shape index (κ3) is 6.26. The van der Waals surface area contributed by atoms with Crippen LogP contribution in [-0.2, 0) is 23.7 Å². The number of nitrogens with one attached hydrogen (secondary N) is 1. The molecule has 1 saturated heterocycles. The molecule has 6 N–H and O–H groups in total. The summed E-state index contributed by atoms with van der Waals surface area (Å²) in [5.41, 5.74) is 1.10. The second-order valence-electron chi connectivity index (χ2n) is 8.48. The van der Waals surface area contributed by atoms with Crippen molar-refractivity contribution in [1.29, 1.82) is 0 Å². The summed E-state index contributed by atoms with van der Waals surface area (Å²) in [7, 11) is 1.26. The van der Waals surface area contributed by atoms with Gasteiger partial charge in [0.05, 0.1) is 38.1 Å². The van der Waals surface area contributed by atoms with Gasteiger partial charge in [0.15, 0.2) is 6.29 Å². The maximum Gasteiger partial charge on any atom is 0.337 e. The zero-order valence-electron chi connectivity index (χ0n) is 19.5. The molecule has 0 aromatic heterocycles. The monoisotopic (exact) mass is 496 g/mol. The van der Waals surface area contributed by atoms with Crippen LogP contribution in [0.4, 0.5) is 0 Å². The highest BCUT2D eigenvalue weighted by Crippen LogP contribution is 2.36. The molecule has 194 valence electrons. The number of carbonyl (C=O) groups is 1. The summed E-state index contributed by atoms with van der Waals surface area (Å²) < 4.78 is 21.7. The van der Waals surface area contributed by atoms with Crippen LogP contribution in [0.1, 0.15) is 0 Å². The lowest BCUT2D eigenvalue weighted by Gasteiger charge is -2.42. The third-order valence-electron chi connectivity index (χ3n) is 6.22. The lowest BCUT2D eigenvalue weighted by atomic mass is 9.83. The van der Waals surface area contributed by atoms with E-state index in [0.717, 1.165) is 17.0 Å². The summed E-state index contributed by atoms with van der Waals surface area (Å²) in [6.07, 6.45) is 3.88. The largest absolute Gasteiger partial charge is 0.471 e. The predicted octanol–water partition coefficient (Wildman–Crippen LogP) is -2.48. The Morgan fingerprint density at radius 3 is 2.66 bits per heavy atom. The van der Waals surface area contributed by atoms with Crippen LogP contribution in [0, 0.1) is 11.8 Å². The number of carbonyl (C=O) groups excluding carboxylic acids is 1. The lowest BCUT2D eigenvalue weighted by molar-refractivity contribution is -0.841. The maximum atomic E-state index is 12.4. The average molecular weight is 497 g/mol. The smallest absolute Gasteiger partial charge is 0.337 e. The third-order valence-corrected chi connectivity index (χ3v) is 6.22. The van der Waals surface area contributed by atoms with Crippen molar-refractivity contribution in [3.8, 4) is 0 Å². The first kappa shape index (κ1) is 27.2. The molecule has 9 unspecified atom stereocenters. The number of rotatable bonds is 9. The van der Waals surface area contributed by atoms with E-state index in [4.69, 9.17) is 18.9 Å². The van der Waals surface area contributed by atoms with Gasteiger partial charge in [0.1, 0.15) is 43.7 Å². The number of hydrogen-bond donors (Lipinski definition) is 6. The fraction of sp³-hybridized carbons (Fsp3) is 0.542. The van der Waals surface area contributed by atoms with E-state index in [1.807, 2.05) is 24.4 Å². The summed E-state index contributed by atoms with van der Waals surface area (Å²) in [4.78, 5) is 13.5. The van der Waals surface area contributed by atoms with Crippen LogP contribution >= 0.6 is 0 Å². The SMILES string of the molecule is C=CC1C(OC2OC(CO)C(O)C(O)C2O)OC=C(C(=O)OC)C1C=CC1=C[NH+](CCO)CC=C1. The molecule has 0 bridgehead atoms. The molecule has 9 atom stereocenters. The van der Waals surface area contributed by atoms with Gasteiger partial charge in [-0.05, 0) is 12.2 Å². The molecule has 11 nitrogen and oxygen atoms in total. The molecule has 0 aromatic carbocycles. The van der Waals surface area contributed by atoms with Gasteiger partial charge >= 0.3 is 5.97 Å². The topological polar surface area (TPSA) is 160 Å². The van der Waals surface area contributed by atoms with Crippen molar-refractivity contribution in [2.45, 2.75) is 37.0 Å². The highest BCUT2D eigenvalue weighted by atomic mass is 16.8. The molecule has 0 radical (unpaired) electrons. The molecule has 35 heavy (non-hydrogen) atoms. The average Bonchev–Trinajstić information content (AvgIpc) is 2.87. The van der Waals surface area contributed by atoms with Crippen molar-refractivity contribution in [2.24, 2.45) is 11.8 Å². The first-order chi connectivity index (χ1) is 16.8. The number of allylic oxidation sites excluding steroid dienone is 4. The molecule has 0 aromatic rings. The van der Waals surface area contributed by atoms with E-state index in [0.29, 0.717) is 6.54 Å². The molecule has 0 amide bonds. The maximum absolute atomic E-state index is 12.4. The minimum Gasteiger partial charge on any atom is -0.471 e. The molecule has 0 saturated carbocycles. The lowest BCUT2D eigenvalue weighted by Crippen LogP contribution is -3.08. The summed E-state index contributed by atoms with van der Waals surface area (Å²) in [5.74, 6) is -1.81. The van der Waals surface area contributed by atoms with Gasteiger partial charge in [-0.1, -0.05) is 18.2 Å². The van der Waals surface area contributed by atoms with Gasteiger partial charge in [0.2, 0.25) is 6.29 Å². The van der Waals surface area contributed by atoms with Crippen molar-refractivity contribution in [1.82, 2.24) is 0 Å². The molecule has 3 aliphatic heterocycles. The zero-order valence-corrected chi connectivity index (χ0v) is 19.5. The number of quaternary nitrogens is 1. The summed E-state index contributed by atoms with van der Waals surface area (Å²) in [5, 5.41) is 49.0. The number of hydrogen-bond acceptors (Lipinski definition) is 10. The van der Waals surface area contributed by atoms with Gasteiger partial charge in [-0.2, -0.15) is 0 Å². The molecular formula is C24H34NO10+. The Hall–Kier alpha value is -2.35. The van der Waals surface area contributed by atoms with Crippen LogP contribution in [-0.4, -0.2) is 102 Å². The molecule has 1 fully saturated rings. The van der Waals surface area contributed by atoms with Crippen molar-refractivity contribution in [2.75, 3.05) is 33.4 Å². The molecular weight excluding hydrogens is 462 g/mol. The van der Waals surface area contributed by atoms with Crippen molar-refractivity contribution in [3.05, 3.63) is 60.6 Å². The Kier molecular flexibility index (Phi) is 9.78. The Morgan fingerprint density at radius 1 is 1.23 bits per heavy atom. The summed E-state index contributed by atoms with van der Waals surface area (Å²) in [6, 6.07) is 0. The molecule has 0 spiro atoms. The van der Waals surface area contributed by atoms with Crippen molar-refractivity contribution in [3.63, 3.8) is 0 Å². The fourth-order valence-corrected chi connectivity index (χ4v) is 4.24. The minimum absolute atomic E-state index is 0.0569. The number of ether oxygens (including phenoxy) is 4. The van der Waals surface area contributed by atoms with E-state index >= 15 is 0 Å². The number of aliphatic hydroxyl groups is 5. The Labute approximate surface area is 203 Å². The van der Waals surface area contributed by atoms with Crippen molar-refractivity contribution >= 4 is 5.97 Å². The van der Waals surface area contributed by atoms with Gasteiger partial charge < -0.3 is 49.4 Å². The van der Waals surface area contributed by atoms with Gasteiger partial charge in [-0.25, -0.2) is 4.79 Å². The summed E-state index contributed by atoms with van der Waals surface area (Å²) >= 11 is 0. The Balaban J connectivity index is 1.84. The second-order valence-corrected chi connectivity index (χ2v) is 8.48. The Bertz CT molecular complexity index is 866. The molecule has 3 heterocycles. The highest BCUT2D eigenvalue weighted by molar-refractivity contribution is 5.89. The number of esters is 1. The quantitative estimate of drug-likeness (QED) is 0.149. The van der Waals surface area contributed by atoms with Gasteiger partial charge in [-0.15, -0.1) is 6.58 Å². The predicted molar refractivity (Wildman–Crippen MR) is 121 cm³/mol. The van der Waals surface area contributed by atoms with E-state index in [9.17, 15) is 30.3 Å². The van der Waals surface area contributed by atoms with Crippen LogP contribution in [0.15, 0.2) is 60.6 Å².